The third kappa shape index (κ3) is 6.60. The van der Waals surface area contributed by atoms with Gasteiger partial charge in [-0.2, -0.15) is 0 Å². The van der Waals surface area contributed by atoms with E-state index in [-0.39, 0.29) is 23.6 Å². The molecule has 2 amide bonds. The number of thioether (sulfide) groups is 1. The van der Waals surface area contributed by atoms with E-state index in [1.807, 2.05) is 68.4 Å². The Morgan fingerprint density at radius 1 is 1.04 bits per heavy atom. The molecule has 5 nitrogen and oxygen atoms in total. The molecule has 1 N–H and O–H groups in total. The fourth-order valence-electron chi connectivity index (χ4n) is 2.66. The number of benzene rings is 2. The van der Waals surface area contributed by atoms with Crippen molar-refractivity contribution in [2.24, 2.45) is 0 Å². The molecule has 0 saturated heterocycles. The van der Waals surface area contributed by atoms with Gasteiger partial charge in [0.2, 0.25) is 11.8 Å². The largest absolute Gasteiger partial charge is 0.497 e. The molecule has 0 saturated carbocycles. The number of ether oxygens (including phenoxy) is 1. The van der Waals surface area contributed by atoms with Gasteiger partial charge in [0.1, 0.15) is 11.8 Å². The summed E-state index contributed by atoms with van der Waals surface area (Å²) in [5, 5.41) is 2.90. The first-order valence-electron chi connectivity index (χ1n) is 9.31. The number of hydrogen-bond acceptors (Lipinski definition) is 4. The summed E-state index contributed by atoms with van der Waals surface area (Å²) in [7, 11) is 1.62. The molecule has 0 aliphatic rings. The molecule has 6 heteroatoms. The summed E-state index contributed by atoms with van der Waals surface area (Å²) in [5.41, 5.74) is 0.947. The Labute approximate surface area is 171 Å². The average molecular weight is 401 g/mol. The Hall–Kier alpha value is -2.47. The van der Waals surface area contributed by atoms with E-state index >= 15 is 0 Å². The predicted octanol–water partition coefficient (Wildman–Crippen LogP) is 3.73. The highest BCUT2D eigenvalue weighted by atomic mass is 32.2. The predicted molar refractivity (Wildman–Crippen MR) is 113 cm³/mol. The minimum atomic E-state index is -0.562. The fourth-order valence-corrected chi connectivity index (χ4v) is 3.47. The van der Waals surface area contributed by atoms with E-state index in [0.717, 1.165) is 16.2 Å². The number of carbonyl (C=O) groups is 2. The normalized spacial score (nSPS) is 11.8. The van der Waals surface area contributed by atoms with Crippen molar-refractivity contribution in [2.45, 2.75) is 44.3 Å². The van der Waals surface area contributed by atoms with Gasteiger partial charge in [0.25, 0.3) is 0 Å². The van der Waals surface area contributed by atoms with E-state index in [1.165, 1.54) is 11.8 Å². The van der Waals surface area contributed by atoms with Crippen LogP contribution in [0.25, 0.3) is 0 Å². The highest BCUT2D eigenvalue weighted by Gasteiger charge is 2.26. The lowest BCUT2D eigenvalue weighted by Crippen LogP contribution is -2.49. The van der Waals surface area contributed by atoms with Crippen LogP contribution in [-0.4, -0.2) is 41.7 Å². The standard InChI is InChI=1S/C22H28N2O3S/c1-16(2)23-22(26)17(3)24(14-18-10-12-19(27-4)13-11-18)21(25)15-28-20-8-6-5-7-9-20/h5-13,16-17H,14-15H2,1-4H3,(H,23,26)/t17-/m0/s1. The second-order valence-corrected chi connectivity index (χ2v) is 7.86. The lowest BCUT2D eigenvalue weighted by molar-refractivity contribution is -0.138. The molecule has 0 bridgehead atoms. The van der Waals surface area contributed by atoms with Crippen LogP contribution in [-0.2, 0) is 16.1 Å². The molecule has 2 aromatic rings. The van der Waals surface area contributed by atoms with Gasteiger partial charge >= 0.3 is 0 Å². The topological polar surface area (TPSA) is 58.6 Å². The summed E-state index contributed by atoms with van der Waals surface area (Å²) in [4.78, 5) is 28.2. The van der Waals surface area contributed by atoms with Gasteiger partial charge in [-0.15, -0.1) is 11.8 Å². The van der Waals surface area contributed by atoms with Gasteiger partial charge in [-0.25, -0.2) is 0 Å². The number of hydrogen-bond donors (Lipinski definition) is 1. The highest BCUT2D eigenvalue weighted by molar-refractivity contribution is 8.00. The van der Waals surface area contributed by atoms with Crippen molar-refractivity contribution in [3.8, 4) is 5.75 Å². The van der Waals surface area contributed by atoms with Gasteiger partial charge in [0.15, 0.2) is 0 Å². The van der Waals surface area contributed by atoms with Gasteiger partial charge in [0.05, 0.1) is 12.9 Å². The molecule has 1 atom stereocenters. The maximum absolute atomic E-state index is 13.0. The summed E-state index contributed by atoms with van der Waals surface area (Å²) in [6.45, 7) is 5.95. The SMILES string of the molecule is COc1ccc(CN(C(=O)CSc2ccccc2)[C@@H](C)C(=O)NC(C)C)cc1. The summed E-state index contributed by atoms with van der Waals surface area (Å²) in [6.07, 6.45) is 0. The third-order valence-electron chi connectivity index (χ3n) is 4.22. The van der Waals surface area contributed by atoms with E-state index < -0.39 is 6.04 Å². The Bertz CT molecular complexity index is 763. The number of amides is 2. The van der Waals surface area contributed by atoms with E-state index in [4.69, 9.17) is 4.74 Å². The van der Waals surface area contributed by atoms with Crippen LogP contribution >= 0.6 is 11.8 Å². The molecule has 2 aromatic carbocycles. The number of methoxy groups -OCH3 is 1. The van der Waals surface area contributed by atoms with Crippen molar-refractivity contribution in [2.75, 3.05) is 12.9 Å². The zero-order valence-electron chi connectivity index (χ0n) is 16.8. The van der Waals surface area contributed by atoms with E-state index in [2.05, 4.69) is 5.32 Å². The van der Waals surface area contributed by atoms with Crippen LogP contribution in [0.3, 0.4) is 0 Å². The molecule has 28 heavy (non-hydrogen) atoms. The average Bonchev–Trinajstić information content (AvgIpc) is 2.70. The second kappa shape index (κ2) is 10.8. The molecule has 0 aliphatic heterocycles. The molecule has 0 aromatic heterocycles. The lowest BCUT2D eigenvalue weighted by Gasteiger charge is -2.29. The molecule has 0 unspecified atom stereocenters. The molecular weight excluding hydrogens is 372 g/mol. The van der Waals surface area contributed by atoms with Gasteiger partial charge in [-0.3, -0.25) is 9.59 Å². The zero-order valence-corrected chi connectivity index (χ0v) is 17.7. The molecule has 0 spiro atoms. The third-order valence-corrected chi connectivity index (χ3v) is 5.21. The molecule has 0 heterocycles. The van der Waals surface area contributed by atoms with Crippen molar-refractivity contribution in [1.82, 2.24) is 10.2 Å². The van der Waals surface area contributed by atoms with Crippen LogP contribution in [0, 0.1) is 0 Å². The molecule has 2 rings (SSSR count). The molecule has 0 fully saturated rings. The van der Waals surface area contributed by atoms with Gasteiger partial charge in [-0.1, -0.05) is 30.3 Å². The monoisotopic (exact) mass is 400 g/mol. The van der Waals surface area contributed by atoms with Crippen molar-refractivity contribution in [3.63, 3.8) is 0 Å². The van der Waals surface area contributed by atoms with Crippen molar-refractivity contribution in [3.05, 3.63) is 60.2 Å². The van der Waals surface area contributed by atoms with Crippen LogP contribution in [0.1, 0.15) is 26.3 Å². The first kappa shape index (κ1) is 21.8. The molecule has 150 valence electrons. The van der Waals surface area contributed by atoms with E-state index in [0.29, 0.717) is 6.54 Å². The zero-order chi connectivity index (χ0) is 20.5. The molecule has 0 aliphatic carbocycles. The first-order chi connectivity index (χ1) is 13.4. The van der Waals surface area contributed by atoms with Crippen molar-refractivity contribution >= 4 is 23.6 Å². The Morgan fingerprint density at radius 2 is 1.68 bits per heavy atom. The summed E-state index contributed by atoms with van der Waals surface area (Å²) in [6, 6.07) is 16.8. The number of nitrogens with one attached hydrogen (secondary N) is 1. The smallest absolute Gasteiger partial charge is 0.242 e. The minimum absolute atomic E-state index is 0.0200. The highest BCUT2D eigenvalue weighted by Crippen LogP contribution is 2.20. The van der Waals surface area contributed by atoms with E-state index in [9.17, 15) is 9.59 Å². The van der Waals surface area contributed by atoms with Gasteiger partial charge in [0, 0.05) is 17.5 Å². The Balaban J connectivity index is 2.13. The Kier molecular flexibility index (Phi) is 8.39. The van der Waals surface area contributed by atoms with Gasteiger partial charge < -0.3 is 15.0 Å². The van der Waals surface area contributed by atoms with Crippen LogP contribution in [0.2, 0.25) is 0 Å². The van der Waals surface area contributed by atoms with E-state index in [1.54, 1.807) is 18.9 Å². The van der Waals surface area contributed by atoms with Crippen LogP contribution < -0.4 is 10.1 Å². The van der Waals surface area contributed by atoms with Crippen molar-refractivity contribution < 1.29 is 14.3 Å². The summed E-state index contributed by atoms with van der Waals surface area (Å²) >= 11 is 1.47. The molecule has 0 radical (unpaired) electrons. The van der Waals surface area contributed by atoms with Crippen LogP contribution in [0.15, 0.2) is 59.5 Å². The molecular formula is C22H28N2O3S. The summed E-state index contributed by atoms with van der Waals surface area (Å²) < 4.78 is 5.19. The fraction of sp³-hybridized carbons (Fsp3) is 0.364. The minimum Gasteiger partial charge on any atom is -0.497 e. The van der Waals surface area contributed by atoms with Gasteiger partial charge in [-0.05, 0) is 50.6 Å². The number of nitrogens with zero attached hydrogens (tertiary/aromatic N) is 1. The quantitative estimate of drug-likeness (QED) is 0.652. The maximum Gasteiger partial charge on any atom is 0.242 e. The van der Waals surface area contributed by atoms with Crippen molar-refractivity contribution in [1.29, 1.82) is 0 Å². The lowest BCUT2D eigenvalue weighted by atomic mass is 10.1. The first-order valence-corrected chi connectivity index (χ1v) is 10.3. The van der Waals surface area contributed by atoms with Crippen LogP contribution in [0.4, 0.5) is 0 Å². The second-order valence-electron chi connectivity index (χ2n) is 6.81. The van der Waals surface area contributed by atoms with Crippen LogP contribution in [0.5, 0.6) is 5.75 Å². The Morgan fingerprint density at radius 3 is 2.25 bits per heavy atom. The maximum atomic E-state index is 13.0. The summed E-state index contributed by atoms with van der Waals surface area (Å²) in [5.74, 6) is 0.809. The number of rotatable bonds is 9. The number of carbonyl (C=O) groups excluding carboxylic acids is 2.